The van der Waals surface area contributed by atoms with Crippen LogP contribution in [0.3, 0.4) is 0 Å². The summed E-state index contributed by atoms with van der Waals surface area (Å²) in [5.41, 5.74) is 0. The summed E-state index contributed by atoms with van der Waals surface area (Å²) in [6.07, 6.45) is 3.29. The normalized spacial score (nSPS) is 21.2. The second-order valence-electron chi connectivity index (χ2n) is 4.89. The van der Waals surface area contributed by atoms with Gasteiger partial charge in [0.1, 0.15) is 0 Å². The van der Waals surface area contributed by atoms with E-state index in [2.05, 4.69) is 35.4 Å². The molecule has 0 aromatic heterocycles. The van der Waals surface area contributed by atoms with E-state index in [1.807, 2.05) is 0 Å². The molecule has 1 heterocycles. The molecular formula is C11H23N3OS. The van der Waals surface area contributed by atoms with Crippen LogP contribution in [0.1, 0.15) is 26.2 Å². The number of nitroso groups, excluding NO2 is 1. The number of nitrogens with zero attached hydrogens (tertiary/aromatic N) is 3. The zero-order valence-corrected chi connectivity index (χ0v) is 11.4. The first-order chi connectivity index (χ1) is 7.62. The van der Waals surface area contributed by atoms with Gasteiger partial charge in [0.15, 0.2) is 0 Å². The number of hydrogen-bond donors (Lipinski definition) is 0. The zero-order valence-electron chi connectivity index (χ0n) is 10.6. The van der Waals surface area contributed by atoms with Crippen LogP contribution in [-0.4, -0.2) is 54.8 Å². The van der Waals surface area contributed by atoms with Crippen molar-refractivity contribution in [2.75, 3.05) is 40.3 Å². The van der Waals surface area contributed by atoms with E-state index in [-0.39, 0.29) is 4.75 Å². The monoisotopic (exact) mass is 245 g/mol. The Morgan fingerprint density at radius 2 is 2.06 bits per heavy atom. The minimum absolute atomic E-state index is 0.0538. The molecule has 5 heteroatoms. The fourth-order valence-electron chi connectivity index (χ4n) is 2.34. The number of likely N-dealkylation sites (tertiary alicyclic amines) is 1. The van der Waals surface area contributed by atoms with Crippen molar-refractivity contribution in [3.05, 3.63) is 4.91 Å². The molecule has 1 rings (SSSR count). The smallest absolute Gasteiger partial charge is 0.0563 e. The third kappa shape index (κ3) is 4.03. The predicted molar refractivity (Wildman–Crippen MR) is 70.6 cm³/mol. The van der Waals surface area contributed by atoms with Gasteiger partial charge in [-0.2, -0.15) is 0 Å². The van der Waals surface area contributed by atoms with Crippen molar-refractivity contribution in [2.24, 2.45) is 4.58 Å². The molecule has 1 aliphatic heterocycles. The van der Waals surface area contributed by atoms with Crippen LogP contribution < -0.4 is 0 Å². The van der Waals surface area contributed by atoms with E-state index < -0.39 is 0 Å². The Balaban J connectivity index is 2.54. The van der Waals surface area contributed by atoms with E-state index in [4.69, 9.17) is 0 Å². The first kappa shape index (κ1) is 13.9. The van der Waals surface area contributed by atoms with Gasteiger partial charge in [0, 0.05) is 23.1 Å². The second-order valence-corrected chi connectivity index (χ2v) is 6.09. The SMILES string of the molecule is CCCN(C)CC1(SN=O)CCN(C)CC1. The van der Waals surface area contributed by atoms with Crippen molar-refractivity contribution < 1.29 is 0 Å². The van der Waals surface area contributed by atoms with Crippen LogP contribution in [-0.2, 0) is 0 Å². The predicted octanol–water partition coefficient (Wildman–Crippen LogP) is 2.21. The highest BCUT2D eigenvalue weighted by Crippen LogP contribution is 2.37. The second kappa shape index (κ2) is 6.57. The molecule has 0 aromatic rings. The molecule has 0 radical (unpaired) electrons. The van der Waals surface area contributed by atoms with Crippen molar-refractivity contribution in [3.8, 4) is 0 Å². The molecule has 0 bridgehead atoms. The van der Waals surface area contributed by atoms with E-state index in [0.29, 0.717) is 0 Å². The van der Waals surface area contributed by atoms with Crippen molar-refractivity contribution in [3.63, 3.8) is 0 Å². The first-order valence-corrected chi connectivity index (χ1v) is 6.77. The summed E-state index contributed by atoms with van der Waals surface area (Å²) in [5, 5.41) is 0. The molecule has 16 heavy (non-hydrogen) atoms. The number of hydrogen-bond acceptors (Lipinski definition) is 5. The fourth-order valence-corrected chi connectivity index (χ4v) is 3.14. The maximum atomic E-state index is 10.6. The molecule has 0 N–H and O–H groups in total. The van der Waals surface area contributed by atoms with Gasteiger partial charge in [0.2, 0.25) is 0 Å². The average Bonchev–Trinajstić information content (AvgIpc) is 2.23. The molecule has 0 saturated carbocycles. The van der Waals surface area contributed by atoms with Gasteiger partial charge in [-0.3, -0.25) is 0 Å². The first-order valence-electron chi connectivity index (χ1n) is 6.00. The molecule has 1 saturated heterocycles. The van der Waals surface area contributed by atoms with Crippen LogP contribution >= 0.6 is 11.9 Å². The molecule has 0 spiro atoms. The minimum atomic E-state index is 0.0538. The molecule has 4 nitrogen and oxygen atoms in total. The topological polar surface area (TPSA) is 35.9 Å². The standard InChI is InChI=1S/C11H23N3OS/c1-4-7-14(3)10-11(16-12-15)5-8-13(2)9-6-11/h4-10H2,1-3H3. The maximum Gasteiger partial charge on any atom is 0.0563 e. The summed E-state index contributed by atoms with van der Waals surface area (Å²) in [7, 11) is 4.27. The van der Waals surface area contributed by atoms with Crippen molar-refractivity contribution in [2.45, 2.75) is 30.9 Å². The highest BCUT2D eigenvalue weighted by Gasteiger charge is 2.36. The van der Waals surface area contributed by atoms with E-state index in [1.54, 1.807) is 0 Å². The molecule has 0 aromatic carbocycles. The lowest BCUT2D eigenvalue weighted by Gasteiger charge is -2.40. The molecule has 0 aliphatic carbocycles. The Kier molecular flexibility index (Phi) is 5.72. The van der Waals surface area contributed by atoms with Crippen LogP contribution in [0.25, 0.3) is 0 Å². The largest absolute Gasteiger partial charge is 0.306 e. The van der Waals surface area contributed by atoms with Crippen LogP contribution in [0.2, 0.25) is 0 Å². The minimum Gasteiger partial charge on any atom is -0.306 e. The maximum absolute atomic E-state index is 10.6. The summed E-state index contributed by atoms with van der Waals surface area (Å²) in [6.45, 7) is 6.40. The van der Waals surface area contributed by atoms with Crippen LogP contribution in [0.15, 0.2) is 4.58 Å². The van der Waals surface area contributed by atoms with Crippen LogP contribution in [0.4, 0.5) is 0 Å². The summed E-state index contributed by atoms with van der Waals surface area (Å²) < 4.78 is 3.14. The van der Waals surface area contributed by atoms with Gasteiger partial charge in [0.25, 0.3) is 0 Å². The third-order valence-electron chi connectivity index (χ3n) is 3.29. The Bertz CT molecular complexity index is 217. The Hall–Kier alpha value is -0.130. The van der Waals surface area contributed by atoms with Gasteiger partial charge in [-0.05, 0) is 53.0 Å². The van der Waals surface area contributed by atoms with Crippen molar-refractivity contribution in [1.29, 1.82) is 0 Å². The number of rotatable bonds is 6. The Labute approximate surface area is 103 Å². The van der Waals surface area contributed by atoms with Crippen molar-refractivity contribution in [1.82, 2.24) is 9.80 Å². The van der Waals surface area contributed by atoms with Crippen LogP contribution in [0, 0.1) is 4.91 Å². The molecule has 1 fully saturated rings. The molecule has 94 valence electrons. The van der Waals surface area contributed by atoms with E-state index >= 15 is 0 Å². The molecule has 0 atom stereocenters. The van der Waals surface area contributed by atoms with E-state index in [1.165, 1.54) is 11.9 Å². The highest BCUT2D eigenvalue weighted by atomic mass is 32.2. The summed E-state index contributed by atoms with van der Waals surface area (Å²) in [4.78, 5) is 15.2. The van der Waals surface area contributed by atoms with Gasteiger partial charge in [-0.15, -0.1) is 4.91 Å². The van der Waals surface area contributed by atoms with Crippen LogP contribution in [0.5, 0.6) is 0 Å². The van der Waals surface area contributed by atoms with Crippen molar-refractivity contribution >= 4 is 11.9 Å². The Morgan fingerprint density at radius 1 is 1.44 bits per heavy atom. The summed E-state index contributed by atoms with van der Waals surface area (Å²) >= 11 is 1.26. The molecule has 0 amide bonds. The average molecular weight is 245 g/mol. The van der Waals surface area contributed by atoms with Gasteiger partial charge in [-0.1, -0.05) is 6.92 Å². The van der Waals surface area contributed by atoms with E-state index in [9.17, 15) is 4.91 Å². The summed E-state index contributed by atoms with van der Waals surface area (Å²) in [5.74, 6) is 0. The molecule has 1 aliphatic rings. The lowest BCUT2D eigenvalue weighted by Crippen LogP contribution is -2.47. The quantitative estimate of drug-likeness (QED) is 0.531. The van der Waals surface area contributed by atoms with Gasteiger partial charge >= 0.3 is 0 Å². The van der Waals surface area contributed by atoms with Gasteiger partial charge < -0.3 is 9.80 Å². The zero-order chi connectivity index (χ0) is 12.0. The van der Waals surface area contributed by atoms with Gasteiger partial charge in [0.05, 0.1) is 4.75 Å². The molecular weight excluding hydrogens is 222 g/mol. The summed E-state index contributed by atoms with van der Waals surface area (Å²) in [6, 6.07) is 0. The third-order valence-corrected chi connectivity index (χ3v) is 4.29. The molecule has 0 unspecified atom stereocenters. The lowest BCUT2D eigenvalue weighted by atomic mass is 9.95. The fraction of sp³-hybridized carbons (Fsp3) is 1.00. The Morgan fingerprint density at radius 3 is 2.56 bits per heavy atom. The van der Waals surface area contributed by atoms with E-state index in [0.717, 1.165) is 45.4 Å². The van der Waals surface area contributed by atoms with Gasteiger partial charge in [-0.25, -0.2) is 0 Å². The number of piperidine rings is 1. The lowest BCUT2D eigenvalue weighted by molar-refractivity contribution is 0.197. The highest BCUT2D eigenvalue weighted by molar-refractivity contribution is 7.99.